The minimum Gasteiger partial charge on any atom is -0.383 e. The largest absolute Gasteiger partial charge is 0.383 e. The first-order chi connectivity index (χ1) is 15.1. The molecule has 0 radical (unpaired) electrons. The Morgan fingerprint density at radius 1 is 1.06 bits per heavy atom. The molecule has 1 fully saturated rings. The number of nitrogens with two attached hydrogens (primary N) is 1. The van der Waals surface area contributed by atoms with E-state index in [4.69, 9.17) is 17.3 Å². The SMILES string of the molecule is Nc1ncc2ccc(Cl)cc2c1C#Cc1ccc(C(=O)CCCCN2CCCC2)cc1. The number of rotatable bonds is 6. The summed E-state index contributed by atoms with van der Waals surface area (Å²) >= 11 is 6.14. The first-order valence-corrected chi connectivity index (χ1v) is 11.2. The molecule has 0 unspecified atom stereocenters. The molecule has 0 atom stereocenters. The molecule has 0 saturated carbocycles. The van der Waals surface area contributed by atoms with Gasteiger partial charge in [-0.25, -0.2) is 4.98 Å². The van der Waals surface area contributed by atoms with Crippen LogP contribution in [0.2, 0.25) is 5.02 Å². The summed E-state index contributed by atoms with van der Waals surface area (Å²) in [5.74, 6) is 6.83. The summed E-state index contributed by atoms with van der Waals surface area (Å²) < 4.78 is 0. The number of carbonyl (C=O) groups excluding carboxylic acids is 1. The maximum Gasteiger partial charge on any atom is 0.162 e. The van der Waals surface area contributed by atoms with E-state index in [1.54, 1.807) is 6.20 Å². The standard InChI is InChI=1S/C26H26ClN3O/c27-22-12-11-21-18-29-26(28)23(24(21)17-22)13-8-19-6-9-20(10-7-19)25(31)5-1-2-14-30-15-3-4-16-30/h6-7,9-12,17-18H,1-5,14-16H2,(H2,28,29). The number of pyridine rings is 1. The fraction of sp³-hybridized carbons (Fsp3) is 0.308. The second-order valence-electron chi connectivity index (χ2n) is 8.01. The van der Waals surface area contributed by atoms with Gasteiger partial charge in [-0.2, -0.15) is 0 Å². The molecule has 2 aromatic carbocycles. The molecular formula is C26H26ClN3O. The number of hydrogen-bond donors (Lipinski definition) is 1. The third-order valence-corrected chi connectivity index (χ3v) is 5.98. The number of ketones is 1. The Morgan fingerprint density at radius 3 is 2.61 bits per heavy atom. The van der Waals surface area contributed by atoms with Gasteiger partial charge >= 0.3 is 0 Å². The van der Waals surface area contributed by atoms with Gasteiger partial charge in [0.25, 0.3) is 0 Å². The van der Waals surface area contributed by atoms with E-state index < -0.39 is 0 Å². The van der Waals surface area contributed by atoms with Crippen LogP contribution in [0.5, 0.6) is 0 Å². The van der Waals surface area contributed by atoms with Crippen LogP contribution in [0, 0.1) is 11.8 Å². The Morgan fingerprint density at radius 2 is 1.84 bits per heavy atom. The smallest absolute Gasteiger partial charge is 0.162 e. The molecule has 4 nitrogen and oxygen atoms in total. The van der Waals surface area contributed by atoms with Crippen LogP contribution in [0.4, 0.5) is 5.82 Å². The van der Waals surface area contributed by atoms with E-state index in [2.05, 4.69) is 21.7 Å². The Bertz CT molecular complexity index is 1130. The van der Waals surface area contributed by atoms with Crippen molar-refractivity contribution >= 4 is 34.0 Å². The molecule has 2 N–H and O–H groups in total. The van der Waals surface area contributed by atoms with Crippen LogP contribution >= 0.6 is 11.6 Å². The Kier molecular flexibility index (Phi) is 6.86. The number of carbonyl (C=O) groups is 1. The van der Waals surface area contributed by atoms with Crippen molar-refractivity contribution in [1.29, 1.82) is 0 Å². The van der Waals surface area contributed by atoms with Gasteiger partial charge in [0.05, 0.1) is 5.56 Å². The van der Waals surface area contributed by atoms with Crippen molar-refractivity contribution in [3.05, 3.63) is 70.4 Å². The van der Waals surface area contributed by atoms with Crippen LogP contribution in [0.1, 0.15) is 53.6 Å². The van der Waals surface area contributed by atoms with E-state index in [9.17, 15) is 4.79 Å². The lowest BCUT2D eigenvalue weighted by Crippen LogP contribution is -2.20. The molecule has 0 spiro atoms. The molecular weight excluding hydrogens is 406 g/mol. The number of halogens is 1. The number of benzene rings is 2. The monoisotopic (exact) mass is 431 g/mol. The molecule has 0 amide bonds. The predicted molar refractivity (Wildman–Crippen MR) is 127 cm³/mol. The number of anilines is 1. The molecule has 31 heavy (non-hydrogen) atoms. The van der Waals surface area contributed by atoms with Gasteiger partial charge < -0.3 is 10.6 Å². The van der Waals surface area contributed by atoms with Crippen molar-refractivity contribution in [2.24, 2.45) is 0 Å². The normalized spacial score (nSPS) is 13.8. The van der Waals surface area contributed by atoms with Crippen LogP contribution in [-0.4, -0.2) is 35.3 Å². The van der Waals surface area contributed by atoms with Crippen molar-refractivity contribution in [1.82, 2.24) is 9.88 Å². The molecule has 0 aliphatic carbocycles. The highest BCUT2D eigenvalue weighted by molar-refractivity contribution is 6.31. The molecule has 4 rings (SSSR count). The zero-order valence-electron chi connectivity index (χ0n) is 17.5. The molecule has 1 saturated heterocycles. The molecule has 3 aromatic rings. The topological polar surface area (TPSA) is 59.2 Å². The number of hydrogen-bond acceptors (Lipinski definition) is 4. The van der Waals surface area contributed by atoms with Crippen LogP contribution in [0.25, 0.3) is 10.8 Å². The van der Waals surface area contributed by atoms with E-state index in [1.165, 1.54) is 25.9 Å². The highest BCUT2D eigenvalue weighted by Gasteiger charge is 2.11. The fourth-order valence-electron chi connectivity index (χ4n) is 3.98. The van der Waals surface area contributed by atoms with Crippen molar-refractivity contribution in [2.75, 3.05) is 25.4 Å². The summed E-state index contributed by atoms with van der Waals surface area (Å²) in [6.45, 7) is 3.53. The summed E-state index contributed by atoms with van der Waals surface area (Å²) in [6.07, 6.45) is 6.96. The van der Waals surface area contributed by atoms with Crippen LogP contribution < -0.4 is 5.73 Å². The summed E-state index contributed by atoms with van der Waals surface area (Å²) in [6, 6.07) is 13.0. The number of unbranched alkanes of at least 4 members (excludes halogenated alkanes) is 1. The lowest BCUT2D eigenvalue weighted by molar-refractivity contribution is 0.0978. The number of Topliss-reactive ketones (excluding diaryl/α,β-unsaturated/α-hetero) is 1. The lowest BCUT2D eigenvalue weighted by atomic mass is 10.0. The Labute approximate surface area is 188 Å². The second kappa shape index (κ2) is 9.96. The number of nitrogen functional groups attached to an aromatic ring is 1. The second-order valence-corrected chi connectivity index (χ2v) is 8.44. The first-order valence-electron chi connectivity index (χ1n) is 10.8. The molecule has 5 heteroatoms. The molecule has 1 aromatic heterocycles. The van der Waals surface area contributed by atoms with E-state index in [0.717, 1.165) is 41.3 Å². The predicted octanol–water partition coefficient (Wildman–Crippen LogP) is 5.32. The maximum absolute atomic E-state index is 12.5. The summed E-state index contributed by atoms with van der Waals surface area (Å²) in [5, 5.41) is 2.45. The van der Waals surface area contributed by atoms with E-state index in [-0.39, 0.29) is 5.78 Å². The maximum atomic E-state index is 12.5. The average molecular weight is 432 g/mol. The lowest BCUT2D eigenvalue weighted by Gasteiger charge is -2.13. The number of aromatic nitrogens is 1. The molecule has 1 aliphatic rings. The molecule has 0 bridgehead atoms. The van der Waals surface area contributed by atoms with Crippen molar-refractivity contribution in [2.45, 2.75) is 32.1 Å². The average Bonchev–Trinajstić information content (AvgIpc) is 3.30. The van der Waals surface area contributed by atoms with E-state index >= 15 is 0 Å². The molecule has 158 valence electrons. The molecule has 2 heterocycles. The van der Waals surface area contributed by atoms with Gasteiger partial charge in [0.2, 0.25) is 0 Å². The summed E-state index contributed by atoms with van der Waals surface area (Å²) in [4.78, 5) is 19.2. The number of fused-ring (bicyclic) bond motifs is 1. The van der Waals surface area contributed by atoms with Gasteiger partial charge in [-0.05, 0) is 69.6 Å². The molecule has 1 aliphatic heterocycles. The van der Waals surface area contributed by atoms with Gasteiger partial charge in [-0.15, -0.1) is 0 Å². The zero-order chi connectivity index (χ0) is 21.6. The number of nitrogens with zero attached hydrogens (tertiary/aromatic N) is 2. The quantitative estimate of drug-likeness (QED) is 0.326. The highest BCUT2D eigenvalue weighted by atomic mass is 35.5. The minimum atomic E-state index is 0.193. The Balaban J connectivity index is 1.40. The third-order valence-electron chi connectivity index (χ3n) is 5.75. The van der Waals surface area contributed by atoms with Crippen molar-refractivity contribution in [3.63, 3.8) is 0 Å². The van der Waals surface area contributed by atoms with E-state index in [0.29, 0.717) is 22.8 Å². The van der Waals surface area contributed by atoms with Crippen LogP contribution in [-0.2, 0) is 0 Å². The third kappa shape index (κ3) is 5.44. The van der Waals surface area contributed by atoms with Crippen LogP contribution in [0.15, 0.2) is 48.7 Å². The van der Waals surface area contributed by atoms with E-state index in [1.807, 2.05) is 42.5 Å². The van der Waals surface area contributed by atoms with Crippen LogP contribution in [0.3, 0.4) is 0 Å². The van der Waals surface area contributed by atoms with Gasteiger partial charge in [-0.1, -0.05) is 41.6 Å². The minimum absolute atomic E-state index is 0.193. The Hall–Kier alpha value is -2.87. The number of likely N-dealkylation sites (tertiary alicyclic amines) is 1. The zero-order valence-corrected chi connectivity index (χ0v) is 18.3. The fourth-order valence-corrected chi connectivity index (χ4v) is 4.15. The van der Waals surface area contributed by atoms with Gasteiger partial charge in [-0.3, -0.25) is 4.79 Å². The van der Waals surface area contributed by atoms with Gasteiger partial charge in [0.15, 0.2) is 5.78 Å². The highest BCUT2D eigenvalue weighted by Crippen LogP contribution is 2.25. The van der Waals surface area contributed by atoms with Crippen molar-refractivity contribution < 1.29 is 4.79 Å². The van der Waals surface area contributed by atoms with Crippen molar-refractivity contribution in [3.8, 4) is 11.8 Å². The van der Waals surface area contributed by atoms with Gasteiger partial charge in [0.1, 0.15) is 5.82 Å². The first kappa shape index (κ1) is 21.4. The summed E-state index contributed by atoms with van der Waals surface area (Å²) in [7, 11) is 0. The van der Waals surface area contributed by atoms with Gasteiger partial charge in [0, 0.05) is 39.5 Å². The summed E-state index contributed by atoms with van der Waals surface area (Å²) in [5.41, 5.74) is 8.29.